The van der Waals surface area contributed by atoms with Gasteiger partial charge in [-0.2, -0.15) is 0 Å². The van der Waals surface area contributed by atoms with Crippen LogP contribution in [0.15, 0.2) is 11.0 Å². The molecule has 6 nitrogen and oxygen atoms in total. The van der Waals surface area contributed by atoms with Gasteiger partial charge >= 0.3 is 40.8 Å². The predicted molar refractivity (Wildman–Crippen MR) is 37.6 cm³/mol. The van der Waals surface area contributed by atoms with Gasteiger partial charge in [0.1, 0.15) is 6.20 Å². The van der Waals surface area contributed by atoms with E-state index in [9.17, 15) is 14.9 Å². The van der Waals surface area contributed by atoms with Gasteiger partial charge in [-0.25, -0.2) is 4.98 Å². The number of hydrogen-bond donors (Lipinski definition) is 1. The summed E-state index contributed by atoms with van der Waals surface area (Å²) >= 11 is 5.23. The minimum atomic E-state index is -0.852. The number of hydrogen-bond acceptors (Lipinski definition) is 4. The van der Waals surface area contributed by atoms with Gasteiger partial charge in [0, 0.05) is 0 Å². The molecule has 0 bridgehead atoms. The molecular formula is C4H3ClN3NaO3. The number of aromatic nitrogens is 2. The van der Waals surface area contributed by atoms with Gasteiger partial charge < -0.3 is 1.43 Å². The van der Waals surface area contributed by atoms with Gasteiger partial charge in [0.2, 0.25) is 5.28 Å². The number of nitrogens with one attached hydrogen (secondary N) is 1. The first-order valence-electron chi connectivity index (χ1n) is 2.50. The molecule has 0 atom stereocenters. The van der Waals surface area contributed by atoms with Gasteiger partial charge in [-0.3, -0.25) is 19.9 Å². The molecule has 0 unspecified atom stereocenters. The van der Waals surface area contributed by atoms with Crippen molar-refractivity contribution in [1.29, 1.82) is 0 Å². The Labute approximate surface area is 94.9 Å². The molecule has 1 aromatic rings. The molecule has 1 N–H and O–H groups in total. The van der Waals surface area contributed by atoms with Gasteiger partial charge in [-0.15, -0.1) is 0 Å². The summed E-state index contributed by atoms with van der Waals surface area (Å²) < 4.78 is 0. The Kier molecular flexibility index (Phi) is 4.40. The third-order valence-electron chi connectivity index (χ3n) is 0.946. The van der Waals surface area contributed by atoms with E-state index < -0.39 is 16.2 Å². The van der Waals surface area contributed by atoms with Crippen molar-refractivity contribution in [3.63, 3.8) is 0 Å². The van der Waals surface area contributed by atoms with Gasteiger partial charge in [-0.05, 0) is 11.6 Å². The van der Waals surface area contributed by atoms with E-state index in [2.05, 4.69) is 4.98 Å². The van der Waals surface area contributed by atoms with E-state index in [0.29, 0.717) is 0 Å². The van der Waals surface area contributed by atoms with Crippen LogP contribution in [-0.4, -0.2) is 14.9 Å². The van der Waals surface area contributed by atoms with Gasteiger partial charge in [0.25, 0.3) is 0 Å². The molecule has 8 heteroatoms. The van der Waals surface area contributed by atoms with E-state index >= 15 is 0 Å². The Hall–Kier alpha value is -0.430. The number of rotatable bonds is 1. The van der Waals surface area contributed by atoms with Crippen molar-refractivity contribution in [2.45, 2.75) is 0 Å². The molecule has 0 saturated carbocycles. The van der Waals surface area contributed by atoms with Crippen LogP contribution in [0.1, 0.15) is 1.43 Å². The molecule has 0 saturated heterocycles. The molecule has 0 radical (unpaired) electrons. The van der Waals surface area contributed by atoms with Crippen molar-refractivity contribution in [1.82, 2.24) is 9.97 Å². The molecule has 1 heterocycles. The smallest absolute Gasteiger partial charge is 1.00 e. The van der Waals surface area contributed by atoms with Crippen LogP contribution >= 0.6 is 11.6 Å². The molecule has 60 valence electrons. The minimum absolute atomic E-state index is 0. The number of H-pyrrole nitrogens is 1. The summed E-state index contributed by atoms with van der Waals surface area (Å²) in [6, 6.07) is 0. The Balaban J connectivity index is 0. The fourth-order valence-electron chi connectivity index (χ4n) is 0.496. The standard InChI is InChI=1S/C4H2ClN3O3.Na.H/c5-4-6-1-2(8(10)11)3(9)7-4;;/h1H,(H,6,7,9);;/q;+1;-1. The zero-order valence-electron chi connectivity index (χ0n) is 7.07. The van der Waals surface area contributed by atoms with Crippen LogP contribution < -0.4 is 35.1 Å². The molecule has 0 amide bonds. The van der Waals surface area contributed by atoms with Crippen molar-refractivity contribution in [2.24, 2.45) is 0 Å². The molecule has 0 aliphatic rings. The molecular weight excluding hydrogens is 197 g/mol. The first kappa shape index (κ1) is 11.6. The van der Waals surface area contributed by atoms with Crippen LogP contribution in [0.2, 0.25) is 5.28 Å². The van der Waals surface area contributed by atoms with Crippen LogP contribution in [0.4, 0.5) is 5.69 Å². The summed E-state index contributed by atoms with van der Waals surface area (Å²) in [5.74, 6) is 0. The maximum absolute atomic E-state index is 10.7. The second kappa shape index (κ2) is 4.56. The van der Waals surface area contributed by atoms with Crippen molar-refractivity contribution in [3.05, 3.63) is 31.9 Å². The number of aromatic amines is 1. The van der Waals surface area contributed by atoms with Crippen LogP contribution in [0, 0.1) is 10.1 Å². The van der Waals surface area contributed by atoms with E-state index in [0.717, 1.165) is 6.20 Å². The summed E-state index contributed by atoms with van der Waals surface area (Å²) in [5.41, 5.74) is -1.47. The molecule has 0 aliphatic heterocycles. The van der Waals surface area contributed by atoms with Gasteiger partial charge in [0.05, 0.1) is 4.92 Å². The van der Waals surface area contributed by atoms with Crippen molar-refractivity contribution in [3.8, 4) is 0 Å². The SMILES string of the molecule is O=c1[nH]c(Cl)ncc1[N+](=O)[O-].[H-].[Na+]. The maximum atomic E-state index is 10.7. The average Bonchev–Trinajstić information content (AvgIpc) is 1.85. The van der Waals surface area contributed by atoms with Crippen LogP contribution in [0.25, 0.3) is 0 Å². The maximum Gasteiger partial charge on any atom is 1.00 e. The van der Waals surface area contributed by atoms with Crippen molar-refractivity contribution in [2.75, 3.05) is 0 Å². The Morgan fingerprint density at radius 1 is 1.75 bits per heavy atom. The number of halogens is 1. The summed E-state index contributed by atoms with van der Waals surface area (Å²) in [4.78, 5) is 25.2. The largest absolute Gasteiger partial charge is 1.00 e. The summed E-state index contributed by atoms with van der Waals surface area (Å²) in [7, 11) is 0. The fraction of sp³-hybridized carbons (Fsp3) is 0. The fourth-order valence-corrected chi connectivity index (χ4v) is 0.631. The second-order valence-corrected chi connectivity index (χ2v) is 2.00. The van der Waals surface area contributed by atoms with E-state index in [4.69, 9.17) is 11.6 Å². The normalized spacial score (nSPS) is 8.75. The molecule has 0 aromatic carbocycles. The second-order valence-electron chi connectivity index (χ2n) is 1.65. The van der Waals surface area contributed by atoms with Gasteiger partial charge in [-0.1, -0.05) is 0 Å². The first-order valence-corrected chi connectivity index (χ1v) is 2.88. The molecule has 0 fully saturated rings. The summed E-state index contributed by atoms with van der Waals surface area (Å²) in [5, 5.41) is 9.87. The molecule has 1 rings (SSSR count). The topological polar surface area (TPSA) is 88.9 Å². The van der Waals surface area contributed by atoms with E-state index in [1.165, 1.54) is 0 Å². The monoisotopic (exact) mass is 199 g/mol. The van der Waals surface area contributed by atoms with Crippen LogP contribution in [0.3, 0.4) is 0 Å². The van der Waals surface area contributed by atoms with Crippen LogP contribution in [-0.2, 0) is 0 Å². The molecule has 12 heavy (non-hydrogen) atoms. The molecule has 1 aromatic heterocycles. The van der Waals surface area contributed by atoms with E-state index in [1.54, 1.807) is 0 Å². The zero-order chi connectivity index (χ0) is 8.43. The quantitative estimate of drug-likeness (QED) is 0.233. The third-order valence-corrected chi connectivity index (χ3v) is 1.14. The van der Waals surface area contributed by atoms with E-state index in [1.807, 2.05) is 4.98 Å². The average molecular weight is 200 g/mol. The Morgan fingerprint density at radius 2 is 2.33 bits per heavy atom. The van der Waals surface area contributed by atoms with Crippen molar-refractivity contribution >= 4 is 17.3 Å². The van der Waals surface area contributed by atoms with Crippen LogP contribution in [0.5, 0.6) is 0 Å². The van der Waals surface area contributed by atoms with E-state index in [-0.39, 0.29) is 36.3 Å². The molecule has 0 aliphatic carbocycles. The Morgan fingerprint density at radius 3 is 2.75 bits per heavy atom. The van der Waals surface area contributed by atoms with Gasteiger partial charge in [0.15, 0.2) is 0 Å². The third kappa shape index (κ3) is 2.56. The minimum Gasteiger partial charge on any atom is -1.00 e. The zero-order valence-corrected chi connectivity index (χ0v) is 8.83. The summed E-state index contributed by atoms with van der Waals surface area (Å²) in [6.07, 6.45) is 0.807. The summed E-state index contributed by atoms with van der Waals surface area (Å²) in [6.45, 7) is 0. The Bertz CT molecular complexity index is 357. The van der Waals surface area contributed by atoms with Crippen molar-refractivity contribution < 1.29 is 35.9 Å². The first-order chi connectivity index (χ1) is 5.11. The molecule has 0 spiro atoms. The predicted octanol–water partition coefficient (Wildman–Crippen LogP) is -2.55. The number of nitrogens with zero attached hydrogens (tertiary/aromatic N) is 2. The number of nitro groups is 1.